The van der Waals surface area contributed by atoms with Crippen LogP contribution < -0.4 is 15.0 Å². The largest absolute Gasteiger partial charge is 0.507 e. The lowest BCUT2D eigenvalue weighted by Gasteiger charge is -2.37. The summed E-state index contributed by atoms with van der Waals surface area (Å²) in [6.45, 7) is 11.5. The van der Waals surface area contributed by atoms with Crippen molar-refractivity contribution in [2.24, 2.45) is 0 Å². The number of nitrogens with zero attached hydrogens (tertiary/aromatic N) is 2. The third-order valence-corrected chi connectivity index (χ3v) is 8.05. The maximum Gasteiger partial charge on any atom is 0.347 e. The number of fused-ring (bicyclic) bond motifs is 2. The zero-order valence-corrected chi connectivity index (χ0v) is 26.5. The number of hydrogen-bond donors (Lipinski definition) is 2. The first-order chi connectivity index (χ1) is 20.3. The molecule has 9 heteroatoms. The number of para-hydroxylation sites is 3. The number of ether oxygens (including phenoxy) is 1. The Hall–Kier alpha value is -3.98. The number of hydrogen-bond acceptors (Lipinski definition) is 7. The van der Waals surface area contributed by atoms with Gasteiger partial charge >= 0.3 is 5.97 Å². The minimum atomic E-state index is -0.643. The zero-order valence-electron chi connectivity index (χ0n) is 24.8. The van der Waals surface area contributed by atoms with Gasteiger partial charge < -0.3 is 20.1 Å². The fourth-order valence-electron chi connectivity index (χ4n) is 4.82. The van der Waals surface area contributed by atoms with E-state index in [-0.39, 0.29) is 29.6 Å². The summed E-state index contributed by atoms with van der Waals surface area (Å²) < 4.78 is 5.13. The van der Waals surface area contributed by atoms with Gasteiger partial charge in [0.15, 0.2) is 0 Å². The highest BCUT2D eigenvalue weighted by Gasteiger charge is 2.25. The van der Waals surface area contributed by atoms with E-state index in [0.29, 0.717) is 17.5 Å². The van der Waals surface area contributed by atoms with Crippen molar-refractivity contribution in [1.29, 1.82) is 0 Å². The second kappa shape index (κ2) is 16.0. The van der Waals surface area contributed by atoms with Gasteiger partial charge in [0.25, 0.3) is 0 Å². The predicted octanol–water partition coefficient (Wildman–Crippen LogP) is 8.01. The molecule has 2 N–H and O–H groups in total. The first kappa shape index (κ1) is 33.5. The van der Waals surface area contributed by atoms with Crippen LogP contribution in [0, 0.1) is 0 Å². The normalized spacial score (nSPS) is 12.1. The molecule has 0 spiro atoms. The number of carbonyl (C=O) groups excluding carboxylic acids is 2. The van der Waals surface area contributed by atoms with E-state index in [1.807, 2.05) is 11.8 Å². The number of rotatable bonds is 8. The lowest BCUT2D eigenvalue weighted by Crippen LogP contribution is -2.41. The van der Waals surface area contributed by atoms with Crippen LogP contribution in [0.2, 0.25) is 0 Å². The monoisotopic (exact) mass is 619 g/mol. The van der Waals surface area contributed by atoms with Crippen LogP contribution in [0.4, 0.5) is 17.1 Å². The summed E-state index contributed by atoms with van der Waals surface area (Å²) in [6, 6.07) is 30.5. The van der Waals surface area contributed by atoms with Gasteiger partial charge in [-0.1, -0.05) is 62.0 Å². The van der Waals surface area contributed by atoms with E-state index in [1.54, 1.807) is 36.4 Å². The Bertz CT molecular complexity index is 1470. The molecular formula is C34H38ClN3O4S. The Labute approximate surface area is 264 Å². The van der Waals surface area contributed by atoms with E-state index in [1.165, 1.54) is 40.2 Å². The molecule has 1 atom stereocenters. The number of nitrogens with one attached hydrogen (secondary N) is 1. The molecule has 0 saturated carbocycles. The minimum Gasteiger partial charge on any atom is -0.507 e. The SMILES string of the molecule is CC(=O)Nc1ccc(OC(=O)c2ccccc2O)cc1.CCN(CC)C(C)CN1c2ccccc2Sc2ccccc21.Cl. The number of benzene rings is 4. The molecule has 7 nitrogen and oxygen atoms in total. The Kier molecular flexibility index (Phi) is 12.5. The number of carbonyl (C=O) groups is 2. The second-order valence-corrected chi connectivity index (χ2v) is 10.9. The molecule has 5 rings (SSSR count). The van der Waals surface area contributed by atoms with Gasteiger partial charge in [0, 0.05) is 35.0 Å². The molecule has 0 aliphatic carbocycles. The molecule has 4 aromatic carbocycles. The molecule has 226 valence electrons. The average Bonchev–Trinajstić information content (AvgIpc) is 2.99. The highest BCUT2D eigenvalue weighted by molar-refractivity contribution is 7.99. The smallest absolute Gasteiger partial charge is 0.347 e. The van der Waals surface area contributed by atoms with Crippen LogP contribution in [0.3, 0.4) is 0 Å². The summed E-state index contributed by atoms with van der Waals surface area (Å²) in [5.74, 6) is -0.626. The molecule has 0 radical (unpaired) electrons. The number of anilines is 3. The van der Waals surface area contributed by atoms with Crippen LogP contribution in [-0.2, 0) is 4.79 Å². The summed E-state index contributed by atoms with van der Waals surface area (Å²) in [4.78, 5) is 30.4. The van der Waals surface area contributed by atoms with Crippen LogP contribution in [0.5, 0.6) is 11.5 Å². The van der Waals surface area contributed by atoms with Crippen molar-refractivity contribution in [2.75, 3.05) is 29.9 Å². The van der Waals surface area contributed by atoms with E-state index in [0.717, 1.165) is 19.6 Å². The van der Waals surface area contributed by atoms with Gasteiger partial charge in [-0.05, 0) is 80.7 Å². The highest BCUT2D eigenvalue weighted by Crippen LogP contribution is 2.47. The third-order valence-electron chi connectivity index (χ3n) is 6.92. The molecule has 0 fully saturated rings. The molecular weight excluding hydrogens is 582 g/mol. The maximum absolute atomic E-state index is 11.8. The van der Waals surface area contributed by atoms with E-state index >= 15 is 0 Å². The first-order valence-electron chi connectivity index (χ1n) is 14.1. The van der Waals surface area contributed by atoms with Crippen molar-refractivity contribution < 1.29 is 19.4 Å². The fourth-order valence-corrected chi connectivity index (χ4v) is 5.92. The quantitative estimate of drug-likeness (QED) is 0.153. The number of likely N-dealkylation sites (N-methyl/N-ethyl adjacent to an activating group) is 1. The molecule has 1 unspecified atom stereocenters. The van der Waals surface area contributed by atoms with E-state index < -0.39 is 5.97 Å². The van der Waals surface area contributed by atoms with Gasteiger partial charge in [-0.2, -0.15) is 0 Å². The number of phenols is 1. The maximum atomic E-state index is 11.8. The molecule has 1 aliphatic rings. The highest BCUT2D eigenvalue weighted by atomic mass is 35.5. The van der Waals surface area contributed by atoms with Crippen LogP contribution in [-0.4, -0.2) is 47.6 Å². The number of phenolic OH excluding ortho intramolecular Hbond substituents is 1. The minimum absolute atomic E-state index is 0. The summed E-state index contributed by atoms with van der Waals surface area (Å²) in [5.41, 5.74) is 3.38. The van der Waals surface area contributed by atoms with Gasteiger partial charge in [-0.3, -0.25) is 9.69 Å². The standard InChI is InChI=1S/C19H24N2S.C15H13NO4.ClH/c1-4-20(5-2)15(3)14-21-16-10-6-8-12-18(16)22-19-13-9-7-11-17(19)21;1-10(17)16-11-6-8-12(9-7-11)20-15(19)13-4-2-3-5-14(13)18;/h6-13,15H,4-5,14H2,1-3H3;2-9,18H,1H3,(H,16,17);1H. The lowest BCUT2D eigenvalue weighted by atomic mass is 10.1. The Morgan fingerprint density at radius 2 is 1.40 bits per heavy atom. The first-order valence-corrected chi connectivity index (χ1v) is 14.9. The number of halogens is 1. The van der Waals surface area contributed by atoms with Gasteiger partial charge in [0.2, 0.25) is 5.91 Å². The van der Waals surface area contributed by atoms with Crippen molar-refractivity contribution in [3.8, 4) is 11.5 Å². The van der Waals surface area contributed by atoms with Gasteiger partial charge in [0.05, 0.1) is 11.4 Å². The average molecular weight is 620 g/mol. The summed E-state index contributed by atoms with van der Waals surface area (Å²) in [6.07, 6.45) is 0. The number of aromatic hydroxyl groups is 1. The van der Waals surface area contributed by atoms with Crippen LogP contribution in [0.15, 0.2) is 107 Å². The van der Waals surface area contributed by atoms with E-state index in [9.17, 15) is 14.7 Å². The number of amides is 1. The van der Waals surface area contributed by atoms with E-state index in [4.69, 9.17) is 4.74 Å². The molecule has 1 heterocycles. The molecule has 1 amide bonds. The molecule has 0 bridgehead atoms. The summed E-state index contributed by atoms with van der Waals surface area (Å²) in [7, 11) is 0. The Morgan fingerprint density at radius 3 is 1.93 bits per heavy atom. The van der Waals surface area contributed by atoms with Gasteiger partial charge in [-0.25, -0.2) is 4.79 Å². The Balaban J connectivity index is 0.000000231. The van der Waals surface area contributed by atoms with Gasteiger partial charge in [-0.15, -0.1) is 12.4 Å². The van der Waals surface area contributed by atoms with Crippen molar-refractivity contribution in [1.82, 2.24) is 4.90 Å². The lowest BCUT2D eigenvalue weighted by molar-refractivity contribution is -0.114. The molecule has 43 heavy (non-hydrogen) atoms. The topological polar surface area (TPSA) is 82.1 Å². The molecule has 0 saturated heterocycles. The fraction of sp³-hybridized carbons (Fsp3) is 0.235. The summed E-state index contributed by atoms with van der Waals surface area (Å²) >= 11 is 1.88. The van der Waals surface area contributed by atoms with Gasteiger partial charge in [0.1, 0.15) is 17.1 Å². The molecule has 4 aromatic rings. The van der Waals surface area contributed by atoms with Crippen molar-refractivity contribution in [2.45, 2.75) is 43.5 Å². The molecule has 0 aromatic heterocycles. The molecule has 1 aliphatic heterocycles. The van der Waals surface area contributed by atoms with Crippen molar-refractivity contribution in [3.63, 3.8) is 0 Å². The number of esters is 1. The Morgan fingerprint density at radius 1 is 0.860 bits per heavy atom. The van der Waals surface area contributed by atoms with Crippen molar-refractivity contribution >= 4 is 53.1 Å². The van der Waals surface area contributed by atoms with Crippen LogP contribution in [0.1, 0.15) is 38.1 Å². The van der Waals surface area contributed by atoms with E-state index in [2.05, 4.69) is 84.4 Å². The zero-order chi connectivity index (χ0) is 30.1. The second-order valence-electron chi connectivity index (χ2n) is 9.83. The van der Waals surface area contributed by atoms with Crippen molar-refractivity contribution in [3.05, 3.63) is 103 Å². The summed E-state index contributed by atoms with van der Waals surface area (Å²) in [5, 5.41) is 12.2. The predicted molar refractivity (Wildman–Crippen MR) is 177 cm³/mol. The van der Waals surface area contributed by atoms with Crippen LogP contribution >= 0.6 is 24.2 Å². The van der Waals surface area contributed by atoms with Crippen LogP contribution in [0.25, 0.3) is 0 Å². The third kappa shape index (κ3) is 8.76.